The Morgan fingerprint density at radius 1 is 1.10 bits per heavy atom. The highest BCUT2D eigenvalue weighted by Crippen LogP contribution is 2.09. The Kier molecular flexibility index (Phi) is 10.1. The van der Waals surface area contributed by atoms with E-state index in [0.29, 0.717) is 12.5 Å². The lowest BCUT2D eigenvalue weighted by Crippen LogP contribution is -2.54. The van der Waals surface area contributed by atoms with Crippen molar-refractivity contribution in [2.75, 3.05) is 58.9 Å². The molecule has 0 spiro atoms. The van der Waals surface area contributed by atoms with Gasteiger partial charge < -0.3 is 15.1 Å². The number of aromatic nitrogens is 1. The molecule has 7 nitrogen and oxygen atoms in total. The molecule has 0 aromatic carbocycles. The van der Waals surface area contributed by atoms with Gasteiger partial charge in [-0.05, 0) is 44.7 Å². The first-order chi connectivity index (χ1) is 13.7. The van der Waals surface area contributed by atoms with Crippen LogP contribution < -0.4 is 5.32 Å². The van der Waals surface area contributed by atoms with Gasteiger partial charge in [-0.2, -0.15) is 0 Å². The number of nitrogens with zero attached hydrogens (tertiary/aromatic N) is 5. The average Bonchev–Trinajstić information content (AvgIpc) is 3.24. The third-order valence-corrected chi connectivity index (χ3v) is 5.46. The maximum Gasteiger partial charge on any atom is 0.236 e. The van der Waals surface area contributed by atoms with Crippen molar-refractivity contribution in [3.8, 4) is 0 Å². The van der Waals surface area contributed by atoms with E-state index >= 15 is 0 Å². The summed E-state index contributed by atoms with van der Waals surface area (Å²) in [5.74, 6) is 1.27. The standard InChI is InChI=1S/C21H34N6O.HI/c1-3-22-21(23-9-8-19-7-6-18(2)24-16-19)27-14-12-25(13-15-27)17-20(28)26-10-4-5-11-26;/h6-7,16H,3-5,8-15,17H2,1-2H3,(H,22,23);1H. The van der Waals surface area contributed by atoms with Gasteiger partial charge in [-0.3, -0.25) is 19.7 Å². The summed E-state index contributed by atoms with van der Waals surface area (Å²) in [5, 5.41) is 3.41. The molecule has 1 amide bonds. The SMILES string of the molecule is CCNC(=NCCc1ccc(C)nc1)N1CCN(CC(=O)N2CCCC2)CC1.I. The van der Waals surface area contributed by atoms with E-state index in [1.165, 1.54) is 5.56 Å². The van der Waals surface area contributed by atoms with E-state index in [-0.39, 0.29) is 24.0 Å². The van der Waals surface area contributed by atoms with Crippen LogP contribution in [0.15, 0.2) is 23.3 Å². The molecule has 162 valence electrons. The molecule has 8 heteroatoms. The summed E-state index contributed by atoms with van der Waals surface area (Å²) < 4.78 is 0. The number of rotatable bonds is 6. The van der Waals surface area contributed by atoms with Gasteiger partial charge in [-0.25, -0.2) is 0 Å². The van der Waals surface area contributed by atoms with Gasteiger partial charge in [0, 0.05) is 64.2 Å². The zero-order chi connectivity index (χ0) is 19.8. The van der Waals surface area contributed by atoms with E-state index in [1.54, 1.807) is 0 Å². The first-order valence-corrected chi connectivity index (χ1v) is 10.6. The molecular weight excluding hydrogens is 479 g/mol. The summed E-state index contributed by atoms with van der Waals surface area (Å²) >= 11 is 0. The number of amides is 1. The van der Waals surface area contributed by atoms with E-state index in [1.807, 2.05) is 24.1 Å². The zero-order valence-corrected chi connectivity index (χ0v) is 20.1. The highest BCUT2D eigenvalue weighted by atomic mass is 127. The molecule has 2 aliphatic rings. The molecule has 2 aliphatic heterocycles. The smallest absolute Gasteiger partial charge is 0.236 e. The normalized spacial score (nSPS) is 17.9. The molecule has 0 unspecified atom stereocenters. The number of carbonyl (C=O) groups excluding carboxylic acids is 1. The molecule has 29 heavy (non-hydrogen) atoms. The van der Waals surface area contributed by atoms with Crippen molar-refractivity contribution in [1.29, 1.82) is 0 Å². The second kappa shape index (κ2) is 12.3. The molecule has 0 aliphatic carbocycles. The van der Waals surface area contributed by atoms with E-state index < -0.39 is 0 Å². The molecule has 3 rings (SSSR count). The molecule has 1 aromatic heterocycles. The number of guanidine groups is 1. The first-order valence-electron chi connectivity index (χ1n) is 10.6. The number of aliphatic imine (C=N–C) groups is 1. The first kappa shape index (κ1) is 23.9. The summed E-state index contributed by atoms with van der Waals surface area (Å²) in [5.41, 5.74) is 2.26. The van der Waals surface area contributed by atoms with Crippen LogP contribution in [0.5, 0.6) is 0 Å². The van der Waals surface area contributed by atoms with Crippen LogP contribution in [0.4, 0.5) is 0 Å². The van der Waals surface area contributed by atoms with Gasteiger partial charge >= 0.3 is 0 Å². The van der Waals surface area contributed by atoms with Crippen LogP contribution in [0.3, 0.4) is 0 Å². The summed E-state index contributed by atoms with van der Waals surface area (Å²) in [6.45, 7) is 11.8. The number of hydrogen-bond acceptors (Lipinski definition) is 4. The minimum absolute atomic E-state index is 0. The Balaban J connectivity index is 0.00000300. The van der Waals surface area contributed by atoms with Crippen LogP contribution in [-0.2, 0) is 11.2 Å². The number of halogens is 1. The molecule has 2 saturated heterocycles. The third kappa shape index (κ3) is 7.40. The fourth-order valence-corrected chi connectivity index (χ4v) is 3.74. The number of likely N-dealkylation sites (tertiary alicyclic amines) is 1. The minimum atomic E-state index is 0. The molecule has 1 aromatic rings. The second-order valence-corrected chi connectivity index (χ2v) is 7.64. The van der Waals surface area contributed by atoms with Crippen molar-refractivity contribution in [2.45, 2.75) is 33.1 Å². The van der Waals surface area contributed by atoms with Crippen molar-refractivity contribution in [2.24, 2.45) is 4.99 Å². The second-order valence-electron chi connectivity index (χ2n) is 7.64. The lowest BCUT2D eigenvalue weighted by atomic mass is 10.2. The lowest BCUT2D eigenvalue weighted by molar-refractivity contribution is -0.131. The highest BCUT2D eigenvalue weighted by Gasteiger charge is 2.24. The molecule has 0 saturated carbocycles. The monoisotopic (exact) mass is 514 g/mol. The Morgan fingerprint density at radius 2 is 1.83 bits per heavy atom. The van der Waals surface area contributed by atoms with Crippen LogP contribution in [-0.4, -0.2) is 90.5 Å². The van der Waals surface area contributed by atoms with Gasteiger partial charge in [0.05, 0.1) is 6.54 Å². The van der Waals surface area contributed by atoms with Crippen molar-refractivity contribution in [3.63, 3.8) is 0 Å². The predicted octanol–water partition coefficient (Wildman–Crippen LogP) is 1.76. The van der Waals surface area contributed by atoms with E-state index in [2.05, 4.69) is 33.1 Å². The quantitative estimate of drug-likeness (QED) is 0.356. The summed E-state index contributed by atoms with van der Waals surface area (Å²) in [7, 11) is 0. The van der Waals surface area contributed by atoms with Crippen molar-refractivity contribution in [3.05, 3.63) is 29.6 Å². The third-order valence-electron chi connectivity index (χ3n) is 5.46. The van der Waals surface area contributed by atoms with Gasteiger partial charge in [0.2, 0.25) is 5.91 Å². The van der Waals surface area contributed by atoms with Gasteiger partial charge in [-0.15, -0.1) is 24.0 Å². The summed E-state index contributed by atoms with van der Waals surface area (Å²) in [4.78, 5) is 28.1. The highest BCUT2D eigenvalue weighted by molar-refractivity contribution is 14.0. The summed E-state index contributed by atoms with van der Waals surface area (Å²) in [6, 6.07) is 4.17. The fourth-order valence-electron chi connectivity index (χ4n) is 3.74. The minimum Gasteiger partial charge on any atom is -0.357 e. The number of piperazine rings is 1. The molecule has 0 radical (unpaired) electrons. The number of carbonyl (C=O) groups is 1. The average molecular weight is 514 g/mol. The van der Waals surface area contributed by atoms with Gasteiger partial charge in [0.15, 0.2) is 5.96 Å². The van der Waals surface area contributed by atoms with Crippen molar-refractivity contribution >= 4 is 35.8 Å². The van der Waals surface area contributed by atoms with E-state index in [0.717, 1.165) is 83.3 Å². The van der Waals surface area contributed by atoms with Crippen LogP contribution in [0, 0.1) is 6.92 Å². The molecule has 2 fully saturated rings. The van der Waals surface area contributed by atoms with Crippen LogP contribution in [0.2, 0.25) is 0 Å². The number of nitrogens with one attached hydrogen (secondary N) is 1. The molecule has 1 N–H and O–H groups in total. The van der Waals surface area contributed by atoms with Gasteiger partial charge in [0.1, 0.15) is 0 Å². The Bertz CT molecular complexity index is 652. The van der Waals surface area contributed by atoms with Crippen LogP contribution in [0.1, 0.15) is 31.0 Å². The lowest BCUT2D eigenvalue weighted by Gasteiger charge is -2.36. The number of pyridine rings is 1. The predicted molar refractivity (Wildman–Crippen MR) is 128 cm³/mol. The molecule has 3 heterocycles. The molecular formula is C21H35IN6O. The van der Waals surface area contributed by atoms with Crippen LogP contribution >= 0.6 is 24.0 Å². The van der Waals surface area contributed by atoms with Crippen molar-refractivity contribution < 1.29 is 4.79 Å². The Hall–Kier alpha value is -1.42. The molecule has 0 bridgehead atoms. The summed E-state index contributed by atoms with van der Waals surface area (Å²) in [6.07, 6.45) is 5.14. The fraction of sp³-hybridized carbons (Fsp3) is 0.667. The van der Waals surface area contributed by atoms with Gasteiger partial charge in [0.25, 0.3) is 0 Å². The Morgan fingerprint density at radius 3 is 2.45 bits per heavy atom. The van der Waals surface area contributed by atoms with Crippen molar-refractivity contribution in [1.82, 2.24) is 25.0 Å². The van der Waals surface area contributed by atoms with Gasteiger partial charge in [-0.1, -0.05) is 6.07 Å². The largest absolute Gasteiger partial charge is 0.357 e. The van der Waals surface area contributed by atoms with E-state index in [9.17, 15) is 4.79 Å². The number of aryl methyl sites for hydroxylation is 1. The zero-order valence-electron chi connectivity index (χ0n) is 17.8. The Labute approximate surface area is 192 Å². The maximum absolute atomic E-state index is 12.4. The van der Waals surface area contributed by atoms with Crippen LogP contribution in [0.25, 0.3) is 0 Å². The topological polar surface area (TPSA) is 64.1 Å². The molecule has 0 atom stereocenters. The maximum atomic E-state index is 12.4. The van der Waals surface area contributed by atoms with E-state index in [4.69, 9.17) is 4.99 Å². The number of hydrogen-bond donors (Lipinski definition) is 1.